The molecule has 10 heteroatoms. The molecule has 0 aliphatic carbocycles. The van der Waals surface area contributed by atoms with Gasteiger partial charge in [-0.05, 0) is 44.0 Å². The molecule has 0 radical (unpaired) electrons. The Morgan fingerprint density at radius 2 is 1.86 bits per heavy atom. The second kappa shape index (κ2) is 10.1. The number of anilines is 3. The van der Waals surface area contributed by atoms with Gasteiger partial charge in [0.25, 0.3) is 0 Å². The molecule has 2 aromatic carbocycles. The average Bonchev–Trinajstić information content (AvgIpc) is 3.17. The molecule has 2 atom stereocenters. The summed E-state index contributed by atoms with van der Waals surface area (Å²) in [5.74, 6) is -0.971. The molecule has 35 heavy (non-hydrogen) atoms. The number of sulfone groups is 1. The topological polar surface area (TPSA) is 116 Å². The SMILES string of the molecule is CCN(C(=O)CN1c2ccccc2NC(=O)[C@H]1CC(=O)Nc1ccccc1C)[C@H]1CCS(=O)(=O)C1. The third-order valence-electron chi connectivity index (χ3n) is 6.56. The Balaban J connectivity index is 1.57. The van der Waals surface area contributed by atoms with E-state index in [0.717, 1.165) is 5.56 Å². The quantitative estimate of drug-likeness (QED) is 0.605. The minimum absolute atomic E-state index is 0.0497. The molecule has 2 heterocycles. The van der Waals surface area contributed by atoms with E-state index in [4.69, 9.17) is 0 Å². The number of aryl methyl sites for hydroxylation is 1. The van der Waals surface area contributed by atoms with Crippen LogP contribution in [0.4, 0.5) is 17.1 Å². The lowest BCUT2D eigenvalue weighted by molar-refractivity contribution is -0.131. The first-order valence-electron chi connectivity index (χ1n) is 11.7. The van der Waals surface area contributed by atoms with Crippen LogP contribution in [0.25, 0.3) is 0 Å². The predicted octanol–water partition coefficient (Wildman–Crippen LogP) is 2.19. The molecular formula is C25H30N4O5S. The summed E-state index contributed by atoms with van der Waals surface area (Å²) < 4.78 is 24.0. The van der Waals surface area contributed by atoms with Gasteiger partial charge >= 0.3 is 0 Å². The van der Waals surface area contributed by atoms with Crippen LogP contribution in [0.1, 0.15) is 25.3 Å². The molecule has 2 aromatic rings. The maximum Gasteiger partial charge on any atom is 0.247 e. The van der Waals surface area contributed by atoms with Crippen LogP contribution in [0.15, 0.2) is 48.5 Å². The second-order valence-electron chi connectivity index (χ2n) is 8.95. The van der Waals surface area contributed by atoms with E-state index in [1.54, 1.807) is 40.1 Å². The molecule has 2 aliphatic rings. The number of amides is 3. The lowest BCUT2D eigenvalue weighted by atomic mass is 10.0. The van der Waals surface area contributed by atoms with Gasteiger partial charge in [0.2, 0.25) is 17.7 Å². The van der Waals surface area contributed by atoms with E-state index in [1.807, 2.05) is 32.0 Å². The van der Waals surface area contributed by atoms with Crippen molar-refractivity contribution >= 4 is 44.6 Å². The molecule has 1 fully saturated rings. The number of nitrogens with one attached hydrogen (secondary N) is 2. The molecule has 0 aromatic heterocycles. The third-order valence-corrected chi connectivity index (χ3v) is 8.31. The molecular weight excluding hydrogens is 468 g/mol. The van der Waals surface area contributed by atoms with E-state index >= 15 is 0 Å². The predicted molar refractivity (Wildman–Crippen MR) is 135 cm³/mol. The highest BCUT2D eigenvalue weighted by molar-refractivity contribution is 7.91. The highest BCUT2D eigenvalue weighted by Crippen LogP contribution is 2.33. The van der Waals surface area contributed by atoms with Gasteiger partial charge in [-0.2, -0.15) is 0 Å². The van der Waals surface area contributed by atoms with Crippen LogP contribution in [0.2, 0.25) is 0 Å². The zero-order valence-corrected chi connectivity index (χ0v) is 20.7. The van der Waals surface area contributed by atoms with Gasteiger partial charge < -0.3 is 20.4 Å². The minimum Gasteiger partial charge on any atom is -0.348 e. The fourth-order valence-electron chi connectivity index (χ4n) is 4.74. The Bertz CT molecular complexity index is 1250. The molecule has 1 saturated heterocycles. The number of hydrogen-bond acceptors (Lipinski definition) is 6. The smallest absolute Gasteiger partial charge is 0.247 e. The highest BCUT2D eigenvalue weighted by Gasteiger charge is 2.38. The Morgan fingerprint density at radius 1 is 1.14 bits per heavy atom. The summed E-state index contributed by atoms with van der Waals surface area (Å²) in [5, 5.41) is 5.69. The van der Waals surface area contributed by atoms with Gasteiger partial charge in [-0.3, -0.25) is 14.4 Å². The monoisotopic (exact) mass is 498 g/mol. The van der Waals surface area contributed by atoms with Crippen LogP contribution in [0.3, 0.4) is 0 Å². The zero-order chi connectivity index (χ0) is 25.2. The first kappa shape index (κ1) is 24.7. The number of hydrogen-bond donors (Lipinski definition) is 2. The van der Waals surface area contributed by atoms with Gasteiger partial charge in [-0.1, -0.05) is 30.3 Å². The summed E-state index contributed by atoms with van der Waals surface area (Å²) >= 11 is 0. The molecule has 2 aliphatic heterocycles. The lowest BCUT2D eigenvalue weighted by Crippen LogP contribution is -2.54. The number of benzene rings is 2. The Morgan fingerprint density at radius 3 is 2.54 bits per heavy atom. The fraction of sp³-hybridized carbons (Fsp3) is 0.400. The van der Waals surface area contributed by atoms with Crippen LogP contribution >= 0.6 is 0 Å². The fourth-order valence-corrected chi connectivity index (χ4v) is 6.47. The second-order valence-corrected chi connectivity index (χ2v) is 11.2. The lowest BCUT2D eigenvalue weighted by Gasteiger charge is -2.39. The van der Waals surface area contributed by atoms with Crippen LogP contribution < -0.4 is 15.5 Å². The van der Waals surface area contributed by atoms with Gasteiger partial charge in [0.05, 0.1) is 35.8 Å². The molecule has 9 nitrogen and oxygen atoms in total. The van der Waals surface area contributed by atoms with E-state index in [0.29, 0.717) is 30.0 Å². The summed E-state index contributed by atoms with van der Waals surface area (Å²) in [7, 11) is -3.16. The van der Waals surface area contributed by atoms with E-state index in [-0.39, 0.29) is 48.2 Å². The summed E-state index contributed by atoms with van der Waals surface area (Å²) in [5.41, 5.74) is 2.77. The number of carbonyl (C=O) groups is 3. The normalized spacial score (nSPS) is 20.6. The Labute approximate surface area is 205 Å². The van der Waals surface area contributed by atoms with Crippen LogP contribution in [-0.4, -0.2) is 67.7 Å². The molecule has 0 saturated carbocycles. The number of para-hydroxylation sites is 3. The number of nitrogens with zero attached hydrogens (tertiary/aromatic N) is 2. The molecule has 186 valence electrons. The van der Waals surface area contributed by atoms with E-state index in [9.17, 15) is 22.8 Å². The zero-order valence-electron chi connectivity index (χ0n) is 19.9. The van der Waals surface area contributed by atoms with Crippen molar-refractivity contribution in [3.05, 3.63) is 54.1 Å². The molecule has 2 N–H and O–H groups in total. The maximum atomic E-state index is 13.4. The summed E-state index contributed by atoms with van der Waals surface area (Å²) in [6.45, 7) is 3.91. The molecule has 3 amide bonds. The van der Waals surface area contributed by atoms with Crippen molar-refractivity contribution in [3.8, 4) is 0 Å². The number of carbonyl (C=O) groups excluding carboxylic acids is 3. The summed E-state index contributed by atoms with van der Waals surface area (Å²) in [6, 6.07) is 13.2. The van der Waals surface area contributed by atoms with Crippen molar-refractivity contribution in [1.29, 1.82) is 0 Å². The summed E-state index contributed by atoms with van der Waals surface area (Å²) in [6.07, 6.45) is 0.257. The van der Waals surface area contributed by atoms with Gasteiger partial charge in [0, 0.05) is 18.3 Å². The van der Waals surface area contributed by atoms with Crippen molar-refractivity contribution in [1.82, 2.24) is 4.90 Å². The molecule has 0 bridgehead atoms. The van der Waals surface area contributed by atoms with Crippen LogP contribution in [0, 0.1) is 6.92 Å². The van der Waals surface area contributed by atoms with Crippen molar-refractivity contribution in [3.63, 3.8) is 0 Å². The van der Waals surface area contributed by atoms with Crippen LogP contribution in [0.5, 0.6) is 0 Å². The number of likely N-dealkylation sites (N-methyl/N-ethyl adjacent to an activating group) is 1. The Hall–Kier alpha value is -3.40. The van der Waals surface area contributed by atoms with Crippen LogP contribution in [-0.2, 0) is 24.2 Å². The Kier molecular flexibility index (Phi) is 7.11. The van der Waals surface area contributed by atoms with Crippen molar-refractivity contribution in [2.45, 2.75) is 38.8 Å². The van der Waals surface area contributed by atoms with Crippen molar-refractivity contribution in [2.75, 3.05) is 40.1 Å². The number of fused-ring (bicyclic) bond motifs is 1. The molecule has 0 unspecified atom stereocenters. The van der Waals surface area contributed by atoms with Crippen molar-refractivity contribution in [2.24, 2.45) is 0 Å². The molecule has 0 spiro atoms. The first-order chi connectivity index (χ1) is 16.7. The summed E-state index contributed by atoms with van der Waals surface area (Å²) in [4.78, 5) is 42.6. The first-order valence-corrected chi connectivity index (χ1v) is 13.5. The highest BCUT2D eigenvalue weighted by atomic mass is 32.2. The van der Waals surface area contributed by atoms with Gasteiger partial charge in [0.1, 0.15) is 6.04 Å². The van der Waals surface area contributed by atoms with E-state index in [2.05, 4.69) is 10.6 Å². The minimum atomic E-state index is -3.16. The third kappa shape index (κ3) is 5.48. The van der Waals surface area contributed by atoms with Gasteiger partial charge in [0.15, 0.2) is 9.84 Å². The molecule has 4 rings (SSSR count). The number of rotatable bonds is 7. The van der Waals surface area contributed by atoms with Gasteiger partial charge in [-0.15, -0.1) is 0 Å². The van der Waals surface area contributed by atoms with E-state index in [1.165, 1.54) is 0 Å². The van der Waals surface area contributed by atoms with Crippen molar-refractivity contribution < 1.29 is 22.8 Å². The van der Waals surface area contributed by atoms with E-state index < -0.39 is 15.9 Å². The van der Waals surface area contributed by atoms with Gasteiger partial charge in [-0.25, -0.2) is 8.42 Å². The largest absolute Gasteiger partial charge is 0.348 e. The standard InChI is InChI=1S/C25H30N4O5S/c1-3-28(18-12-13-35(33,34)16-18)24(31)15-29-21-11-7-6-10-20(21)27-25(32)22(29)14-23(30)26-19-9-5-4-8-17(19)2/h4-11,18,22H,3,12-16H2,1-2H3,(H,26,30)(H,27,32)/t18-,22+/m0/s1. The maximum absolute atomic E-state index is 13.4. The average molecular weight is 499 g/mol.